The number of carbonyl (C=O) groups is 1. The van der Waals surface area contributed by atoms with E-state index in [-0.39, 0.29) is 23.2 Å². The van der Waals surface area contributed by atoms with Gasteiger partial charge < -0.3 is 10.2 Å². The van der Waals surface area contributed by atoms with E-state index in [9.17, 15) is 13.6 Å². The van der Waals surface area contributed by atoms with Gasteiger partial charge in [-0.05, 0) is 26.0 Å². The van der Waals surface area contributed by atoms with Gasteiger partial charge in [-0.2, -0.15) is 11.8 Å². The first-order valence-electron chi connectivity index (χ1n) is 7.11. The number of carbonyl (C=O) groups excluding carboxylic acids is 1. The van der Waals surface area contributed by atoms with Crippen molar-refractivity contribution >= 4 is 23.4 Å². The maximum Gasteiger partial charge on any atom is 0.254 e. The van der Waals surface area contributed by atoms with E-state index >= 15 is 0 Å². The van der Waals surface area contributed by atoms with E-state index in [0.29, 0.717) is 18.3 Å². The van der Waals surface area contributed by atoms with Crippen LogP contribution in [0.5, 0.6) is 0 Å². The SMILES string of the molecule is CCNc1c(F)cc(C(=O)N2CCSC(C)C2C)cc1F. The number of thioether (sulfide) groups is 1. The molecule has 1 N–H and O–H groups in total. The molecule has 1 fully saturated rings. The minimum Gasteiger partial charge on any atom is -0.381 e. The summed E-state index contributed by atoms with van der Waals surface area (Å²) in [7, 11) is 0. The molecule has 6 heteroatoms. The molecule has 1 aliphatic heterocycles. The van der Waals surface area contributed by atoms with Gasteiger partial charge in [-0.1, -0.05) is 6.92 Å². The third-order valence-corrected chi connectivity index (χ3v) is 5.13. The second-order valence-electron chi connectivity index (χ2n) is 5.16. The Morgan fingerprint density at radius 3 is 2.57 bits per heavy atom. The number of hydrogen-bond donors (Lipinski definition) is 1. The Hall–Kier alpha value is -1.30. The van der Waals surface area contributed by atoms with Gasteiger partial charge in [0.05, 0.1) is 0 Å². The van der Waals surface area contributed by atoms with E-state index in [1.54, 1.807) is 23.6 Å². The van der Waals surface area contributed by atoms with Crippen molar-refractivity contribution in [3.05, 3.63) is 29.3 Å². The highest BCUT2D eigenvalue weighted by Gasteiger charge is 2.30. The lowest BCUT2D eigenvalue weighted by molar-refractivity contribution is 0.0697. The first-order chi connectivity index (χ1) is 9.95. The maximum absolute atomic E-state index is 13.9. The van der Waals surface area contributed by atoms with E-state index in [0.717, 1.165) is 17.9 Å². The van der Waals surface area contributed by atoms with Crippen LogP contribution in [0, 0.1) is 11.6 Å². The number of halogens is 2. The highest BCUT2D eigenvalue weighted by Crippen LogP contribution is 2.27. The average Bonchev–Trinajstić information content (AvgIpc) is 2.45. The normalized spacial score (nSPS) is 22.2. The minimum atomic E-state index is -0.729. The van der Waals surface area contributed by atoms with E-state index in [1.807, 2.05) is 6.92 Å². The molecular weight excluding hydrogens is 294 g/mol. The van der Waals surface area contributed by atoms with Crippen LogP contribution in [0.4, 0.5) is 14.5 Å². The van der Waals surface area contributed by atoms with Crippen LogP contribution >= 0.6 is 11.8 Å². The molecule has 1 heterocycles. The molecule has 1 aromatic rings. The molecule has 0 radical (unpaired) electrons. The Bertz CT molecular complexity index is 515. The van der Waals surface area contributed by atoms with Gasteiger partial charge in [-0.15, -0.1) is 0 Å². The van der Waals surface area contributed by atoms with Crippen molar-refractivity contribution < 1.29 is 13.6 Å². The molecule has 0 spiro atoms. The van der Waals surface area contributed by atoms with Crippen LogP contribution in [0.25, 0.3) is 0 Å². The van der Waals surface area contributed by atoms with Crippen molar-refractivity contribution in [3.8, 4) is 0 Å². The Kier molecular flexibility index (Phi) is 5.08. The molecule has 21 heavy (non-hydrogen) atoms. The maximum atomic E-state index is 13.9. The molecule has 0 aromatic heterocycles. The summed E-state index contributed by atoms with van der Waals surface area (Å²) in [4.78, 5) is 14.2. The summed E-state index contributed by atoms with van der Waals surface area (Å²) in [5, 5.41) is 2.95. The van der Waals surface area contributed by atoms with Crippen LogP contribution in [0.15, 0.2) is 12.1 Å². The van der Waals surface area contributed by atoms with E-state index in [4.69, 9.17) is 0 Å². The van der Waals surface area contributed by atoms with Crippen molar-refractivity contribution in [1.82, 2.24) is 4.90 Å². The number of anilines is 1. The van der Waals surface area contributed by atoms with Crippen LogP contribution in [0.3, 0.4) is 0 Å². The Morgan fingerprint density at radius 2 is 2.00 bits per heavy atom. The predicted molar refractivity (Wildman–Crippen MR) is 82.9 cm³/mol. The van der Waals surface area contributed by atoms with Crippen LogP contribution in [0.1, 0.15) is 31.1 Å². The second kappa shape index (κ2) is 6.64. The number of hydrogen-bond acceptors (Lipinski definition) is 3. The van der Waals surface area contributed by atoms with Crippen LogP contribution < -0.4 is 5.32 Å². The quantitative estimate of drug-likeness (QED) is 0.928. The van der Waals surface area contributed by atoms with Gasteiger partial charge in [0.1, 0.15) is 17.3 Å². The zero-order chi connectivity index (χ0) is 15.6. The molecule has 2 unspecified atom stereocenters. The van der Waals surface area contributed by atoms with E-state index in [1.165, 1.54) is 0 Å². The molecule has 3 nitrogen and oxygen atoms in total. The minimum absolute atomic E-state index is 0.0517. The molecule has 1 amide bonds. The molecule has 1 aliphatic rings. The first kappa shape index (κ1) is 16.1. The third-order valence-electron chi connectivity index (χ3n) is 3.79. The summed E-state index contributed by atoms with van der Waals surface area (Å²) in [6.07, 6.45) is 0. The zero-order valence-electron chi connectivity index (χ0n) is 12.5. The van der Waals surface area contributed by atoms with Gasteiger partial charge in [0.2, 0.25) is 0 Å². The average molecular weight is 314 g/mol. The number of benzene rings is 1. The van der Waals surface area contributed by atoms with Crippen LogP contribution in [-0.4, -0.2) is 40.9 Å². The van der Waals surface area contributed by atoms with E-state index < -0.39 is 11.6 Å². The van der Waals surface area contributed by atoms with E-state index in [2.05, 4.69) is 12.2 Å². The van der Waals surface area contributed by atoms with Crippen molar-refractivity contribution in [2.45, 2.75) is 32.1 Å². The summed E-state index contributed by atoms with van der Waals surface area (Å²) in [5.41, 5.74) is -0.109. The lowest BCUT2D eigenvalue weighted by atomic mass is 10.1. The Labute approximate surface area is 128 Å². The molecule has 116 valence electrons. The number of rotatable bonds is 3. The number of nitrogens with one attached hydrogen (secondary N) is 1. The lowest BCUT2D eigenvalue weighted by Gasteiger charge is -2.37. The number of nitrogens with zero attached hydrogens (tertiary/aromatic N) is 1. The molecule has 2 rings (SSSR count). The van der Waals surface area contributed by atoms with Crippen molar-refractivity contribution in [2.24, 2.45) is 0 Å². The van der Waals surface area contributed by atoms with Crippen molar-refractivity contribution in [3.63, 3.8) is 0 Å². The Balaban J connectivity index is 2.27. The van der Waals surface area contributed by atoms with Gasteiger partial charge in [-0.3, -0.25) is 4.79 Å². The first-order valence-corrected chi connectivity index (χ1v) is 8.16. The molecule has 1 aromatic carbocycles. The molecule has 1 saturated heterocycles. The highest BCUT2D eigenvalue weighted by molar-refractivity contribution is 8.00. The molecular formula is C15H20F2N2OS. The molecule has 0 saturated carbocycles. The summed E-state index contributed by atoms with van der Waals surface area (Å²) >= 11 is 1.81. The molecule has 0 bridgehead atoms. The summed E-state index contributed by atoms with van der Waals surface area (Å²) in [5.74, 6) is -0.924. The molecule has 2 atom stereocenters. The molecule has 0 aliphatic carbocycles. The standard InChI is InChI=1S/C15H20F2N2OS/c1-4-18-14-12(16)7-11(8-13(14)17)15(20)19-5-6-21-10(3)9(19)2/h7-10,18H,4-6H2,1-3H3. The van der Waals surface area contributed by atoms with Gasteiger partial charge >= 0.3 is 0 Å². The van der Waals surface area contributed by atoms with Gasteiger partial charge in [0.25, 0.3) is 5.91 Å². The fourth-order valence-electron chi connectivity index (χ4n) is 2.43. The number of amides is 1. The van der Waals surface area contributed by atoms with Gasteiger partial charge in [0, 0.05) is 35.7 Å². The van der Waals surface area contributed by atoms with Crippen LogP contribution in [0.2, 0.25) is 0 Å². The Morgan fingerprint density at radius 1 is 1.38 bits per heavy atom. The second-order valence-corrected chi connectivity index (χ2v) is 6.65. The van der Waals surface area contributed by atoms with Crippen molar-refractivity contribution in [1.29, 1.82) is 0 Å². The smallest absolute Gasteiger partial charge is 0.254 e. The highest BCUT2D eigenvalue weighted by atomic mass is 32.2. The summed E-state index contributed by atoms with van der Waals surface area (Å²) < 4.78 is 27.8. The zero-order valence-corrected chi connectivity index (χ0v) is 13.3. The summed E-state index contributed by atoms with van der Waals surface area (Å²) in [6.45, 7) is 6.80. The van der Waals surface area contributed by atoms with Crippen LogP contribution in [-0.2, 0) is 0 Å². The third kappa shape index (κ3) is 3.31. The topological polar surface area (TPSA) is 32.3 Å². The van der Waals surface area contributed by atoms with Crippen molar-refractivity contribution in [2.75, 3.05) is 24.2 Å². The lowest BCUT2D eigenvalue weighted by Crippen LogP contribution is -2.48. The predicted octanol–water partition coefficient (Wildman–Crippen LogP) is 3.36. The fourth-order valence-corrected chi connectivity index (χ4v) is 3.53. The summed E-state index contributed by atoms with van der Waals surface area (Å²) in [6, 6.07) is 2.28. The van der Waals surface area contributed by atoms with Gasteiger partial charge in [-0.25, -0.2) is 8.78 Å². The largest absolute Gasteiger partial charge is 0.381 e. The fraction of sp³-hybridized carbons (Fsp3) is 0.533. The van der Waals surface area contributed by atoms with Gasteiger partial charge in [0.15, 0.2) is 0 Å². The monoisotopic (exact) mass is 314 g/mol.